The highest BCUT2D eigenvalue weighted by Crippen LogP contribution is 2.37. The van der Waals surface area contributed by atoms with Gasteiger partial charge in [-0.2, -0.15) is 0 Å². The fourth-order valence-corrected chi connectivity index (χ4v) is 2.43. The molecule has 4 N–H and O–H groups in total. The molecule has 1 fully saturated rings. The summed E-state index contributed by atoms with van der Waals surface area (Å²) in [5.74, 6) is 1.23. The molecule has 0 saturated heterocycles. The molecule has 0 aromatic heterocycles. The number of nitrogens with one attached hydrogen (secondary N) is 2. The van der Waals surface area contributed by atoms with Gasteiger partial charge in [0.2, 0.25) is 0 Å². The van der Waals surface area contributed by atoms with Crippen molar-refractivity contribution in [2.24, 2.45) is 11.8 Å². The first kappa shape index (κ1) is 13.2. The maximum Gasteiger partial charge on any atom is 0.319 e. The summed E-state index contributed by atoms with van der Waals surface area (Å²) in [6.45, 7) is 4.36. The van der Waals surface area contributed by atoms with Crippen LogP contribution in [0.2, 0.25) is 0 Å². The second-order valence-electron chi connectivity index (χ2n) is 5.09. The van der Waals surface area contributed by atoms with Crippen molar-refractivity contribution in [3.05, 3.63) is 22.7 Å². The van der Waals surface area contributed by atoms with Gasteiger partial charge in [0.1, 0.15) is 0 Å². The van der Waals surface area contributed by atoms with E-state index in [9.17, 15) is 4.79 Å². The summed E-state index contributed by atoms with van der Waals surface area (Å²) in [6.07, 6.45) is 1.07. The maximum atomic E-state index is 11.8. The highest BCUT2D eigenvalue weighted by molar-refractivity contribution is 9.10. The summed E-state index contributed by atoms with van der Waals surface area (Å²) in [6, 6.07) is 5.47. The number of halogens is 1. The Bertz CT molecular complexity index is 462. The zero-order valence-corrected chi connectivity index (χ0v) is 12.1. The minimum Gasteiger partial charge on any atom is -0.399 e. The Morgan fingerprint density at radius 2 is 2.22 bits per heavy atom. The van der Waals surface area contributed by atoms with Crippen molar-refractivity contribution in [3.8, 4) is 0 Å². The van der Waals surface area contributed by atoms with Gasteiger partial charge >= 0.3 is 6.03 Å². The van der Waals surface area contributed by atoms with Crippen molar-refractivity contribution in [3.63, 3.8) is 0 Å². The van der Waals surface area contributed by atoms with Gasteiger partial charge in [0.25, 0.3) is 0 Å². The Morgan fingerprint density at radius 1 is 1.50 bits per heavy atom. The zero-order valence-electron chi connectivity index (χ0n) is 10.5. The van der Waals surface area contributed by atoms with Crippen molar-refractivity contribution in [2.45, 2.75) is 26.3 Å². The summed E-state index contributed by atoms with van der Waals surface area (Å²) in [4.78, 5) is 11.8. The highest BCUT2D eigenvalue weighted by Gasteiger charge is 2.40. The van der Waals surface area contributed by atoms with Crippen LogP contribution in [0.25, 0.3) is 0 Å². The van der Waals surface area contributed by atoms with Gasteiger partial charge < -0.3 is 16.4 Å². The topological polar surface area (TPSA) is 67.2 Å². The first-order chi connectivity index (χ1) is 8.47. The molecule has 1 aromatic carbocycles. The van der Waals surface area contributed by atoms with Gasteiger partial charge in [-0.3, -0.25) is 0 Å². The third-order valence-electron chi connectivity index (χ3n) is 3.25. The van der Waals surface area contributed by atoms with E-state index >= 15 is 0 Å². The van der Waals surface area contributed by atoms with E-state index in [1.807, 2.05) is 6.07 Å². The number of nitrogen functional groups attached to an aromatic ring is 1. The Labute approximate surface area is 115 Å². The minimum absolute atomic E-state index is 0.172. The average molecular weight is 312 g/mol. The van der Waals surface area contributed by atoms with Crippen molar-refractivity contribution in [2.75, 3.05) is 11.1 Å². The Morgan fingerprint density at radius 3 is 2.83 bits per heavy atom. The van der Waals surface area contributed by atoms with E-state index in [0.29, 0.717) is 29.3 Å². The van der Waals surface area contributed by atoms with Crippen molar-refractivity contribution in [1.29, 1.82) is 0 Å². The molecule has 1 aliphatic rings. The first-order valence-electron chi connectivity index (χ1n) is 6.10. The Hall–Kier alpha value is -1.23. The lowest BCUT2D eigenvalue weighted by Gasteiger charge is -2.10. The van der Waals surface area contributed by atoms with Crippen LogP contribution in [0.1, 0.15) is 20.3 Å². The molecule has 5 heteroatoms. The summed E-state index contributed by atoms with van der Waals surface area (Å²) in [5.41, 5.74) is 7.00. The molecular formula is C13H18BrN3O. The number of urea groups is 1. The predicted molar refractivity (Wildman–Crippen MR) is 77.4 cm³/mol. The molecule has 0 radical (unpaired) electrons. The van der Waals surface area contributed by atoms with Gasteiger partial charge in [-0.25, -0.2) is 4.79 Å². The summed E-state index contributed by atoms with van der Waals surface area (Å²) < 4.78 is 0.822. The third kappa shape index (κ3) is 3.16. The second-order valence-corrected chi connectivity index (χ2v) is 5.94. The molecule has 98 valence electrons. The minimum atomic E-state index is -0.172. The maximum absolute atomic E-state index is 11.8. The van der Waals surface area contributed by atoms with E-state index in [0.717, 1.165) is 10.9 Å². The van der Waals surface area contributed by atoms with Gasteiger partial charge in [-0.05, 0) is 52.4 Å². The van der Waals surface area contributed by atoms with Crippen LogP contribution in [0.5, 0.6) is 0 Å². The summed E-state index contributed by atoms with van der Waals surface area (Å²) in [5, 5.41) is 5.77. The molecule has 2 amide bonds. The largest absolute Gasteiger partial charge is 0.399 e. The van der Waals surface area contributed by atoms with Crippen LogP contribution in [-0.2, 0) is 0 Å². The van der Waals surface area contributed by atoms with Crippen molar-refractivity contribution < 1.29 is 4.79 Å². The van der Waals surface area contributed by atoms with Gasteiger partial charge in [-0.15, -0.1) is 0 Å². The first-order valence-corrected chi connectivity index (χ1v) is 6.89. The van der Waals surface area contributed by atoms with Crippen LogP contribution >= 0.6 is 15.9 Å². The third-order valence-corrected chi connectivity index (χ3v) is 3.94. The van der Waals surface area contributed by atoms with Crippen LogP contribution in [0.3, 0.4) is 0 Å². The van der Waals surface area contributed by atoms with E-state index in [-0.39, 0.29) is 6.03 Å². The van der Waals surface area contributed by atoms with E-state index < -0.39 is 0 Å². The fraction of sp³-hybridized carbons (Fsp3) is 0.462. The van der Waals surface area contributed by atoms with Crippen LogP contribution < -0.4 is 16.4 Å². The van der Waals surface area contributed by atoms with E-state index in [1.54, 1.807) is 12.1 Å². The Kier molecular flexibility index (Phi) is 3.80. The summed E-state index contributed by atoms with van der Waals surface area (Å²) >= 11 is 3.38. The molecule has 0 heterocycles. The van der Waals surface area contributed by atoms with Crippen LogP contribution in [0.15, 0.2) is 22.7 Å². The number of amides is 2. The van der Waals surface area contributed by atoms with Gasteiger partial charge in [0.05, 0.1) is 5.69 Å². The van der Waals surface area contributed by atoms with Crippen LogP contribution in [0.4, 0.5) is 16.2 Å². The van der Waals surface area contributed by atoms with Gasteiger partial charge in [0, 0.05) is 16.2 Å². The molecule has 2 rings (SSSR count). The van der Waals surface area contributed by atoms with Gasteiger partial charge in [-0.1, -0.05) is 13.8 Å². The number of carbonyl (C=O) groups excluding carboxylic acids is 1. The monoisotopic (exact) mass is 311 g/mol. The standard InChI is InChI=1S/C13H18BrN3O/c1-7(2)9-6-11(9)16-13(18)17-12-5-8(15)3-4-10(12)14/h3-5,7,9,11H,6,15H2,1-2H3,(H2,16,17,18). The number of hydrogen-bond acceptors (Lipinski definition) is 2. The molecule has 0 bridgehead atoms. The lowest BCUT2D eigenvalue weighted by Crippen LogP contribution is -2.32. The van der Waals surface area contributed by atoms with E-state index in [1.165, 1.54) is 0 Å². The number of anilines is 2. The number of benzene rings is 1. The van der Waals surface area contributed by atoms with Gasteiger partial charge in [0.15, 0.2) is 0 Å². The van der Waals surface area contributed by atoms with Crippen molar-refractivity contribution >= 4 is 33.3 Å². The zero-order chi connectivity index (χ0) is 13.3. The lowest BCUT2D eigenvalue weighted by atomic mass is 10.1. The second kappa shape index (κ2) is 5.18. The smallest absolute Gasteiger partial charge is 0.319 e. The number of carbonyl (C=O) groups is 1. The Balaban J connectivity index is 1.90. The average Bonchev–Trinajstić information content (AvgIpc) is 3.02. The molecule has 0 spiro atoms. The molecule has 18 heavy (non-hydrogen) atoms. The molecular weight excluding hydrogens is 294 g/mol. The molecule has 0 aliphatic heterocycles. The quantitative estimate of drug-likeness (QED) is 0.750. The number of rotatable bonds is 3. The molecule has 2 unspecified atom stereocenters. The summed E-state index contributed by atoms with van der Waals surface area (Å²) in [7, 11) is 0. The fourth-order valence-electron chi connectivity index (χ4n) is 2.08. The van der Waals surface area contributed by atoms with E-state index in [2.05, 4.69) is 40.4 Å². The SMILES string of the molecule is CC(C)C1CC1NC(=O)Nc1cc(N)ccc1Br. The molecule has 1 aromatic rings. The number of nitrogens with two attached hydrogens (primary N) is 1. The molecule has 2 atom stereocenters. The lowest BCUT2D eigenvalue weighted by molar-refractivity contribution is 0.251. The van der Waals surface area contributed by atoms with Crippen LogP contribution in [0, 0.1) is 11.8 Å². The number of hydrogen-bond donors (Lipinski definition) is 3. The molecule has 1 aliphatic carbocycles. The van der Waals surface area contributed by atoms with Crippen molar-refractivity contribution in [1.82, 2.24) is 5.32 Å². The van der Waals surface area contributed by atoms with E-state index in [4.69, 9.17) is 5.73 Å². The predicted octanol–water partition coefficient (Wildman–Crippen LogP) is 3.20. The van der Waals surface area contributed by atoms with Crippen LogP contribution in [-0.4, -0.2) is 12.1 Å². The molecule has 4 nitrogen and oxygen atoms in total. The molecule has 1 saturated carbocycles. The highest BCUT2D eigenvalue weighted by atomic mass is 79.9. The normalized spacial score (nSPS) is 21.8.